The molecule has 10 rings (SSSR count). The van der Waals surface area contributed by atoms with E-state index in [1.807, 2.05) is 49.9 Å². The summed E-state index contributed by atoms with van der Waals surface area (Å²) in [6, 6.07) is 8.32. The van der Waals surface area contributed by atoms with Gasteiger partial charge in [-0.15, -0.1) is 0 Å². The topological polar surface area (TPSA) is 98.7 Å². The van der Waals surface area contributed by atoms with Crippen molar-refractivity contribution in [1.29, 1.82) is 0 Å². The Kier molecular flexibility index (Phi) is 8.71. The number of nitrogens with zero attached hydrogens (tertiary/aromatic N) is 5. The quantitative estimate of drug-likeness (QED) is 0.164. The molecule has 5 fully saturated rings. The van der Waals surface area contributed by atoms with Crippen LogP contribution in [0.3, 0.4) is 0 Å². The number of amides is 1. The molecular formula is C43H48F3N5O6. The first-order chi connectivity index (χ1) is 27.4. The van der Waals surface area contributed by atoms with Crippen LogP contribution in [0.25, 0.3) is 32.8 Å². The lowest BCUT2D eigenvalue weighted by Gasteiger charge is -2.46. The summed E-state index contributed by atoms with van der Waals surface area (Å²) in [5.74, 6) is -0.960. The van der Waals surface area contributed by atoms with Crippen LogP contribution in [0, 0.1) is 11.6 Å². The highest BCUT2D eigenvalue weighted by molar-refractivity contribution is 6.05. The second-order valence-corrected chi connectivity index (χ2v) is 17.7. The molecule has 1 aliphatic carbocycles. The summed E-state index contributed by atoms with van der Waals surface area (Å²) in [7, 11) is 1.51. The van der Waals surface area contributed by atoms with Crippen LogP contribution >= 0.6 is 0 Å². The van der Waals surface area contributed by atoms with Gasteiger partial charge >= 0.3 is 12.1 Å². The van der Waals surface area contributed by atoms with Crippen LogP contribution in [0.15, 0.2) is 30.3 Å². The van der Waals surface area contributed by atoms with Crippen LogP contribution in [0.1, 0.15) is 77.2 Å². The first kappa shape index (κ1) is 36.8. The third-order valence-electron chi connectivity index (χ3n) is 12.9. The molecule has 302 valence electrons. The molecule has 14 heteroatoms. The Morgan fingerprint density at radius 1 is 1.02 bits per heavy atom. The molecule has 1 saturated carbocycles. The molecule has 57 heavy (non-hydrogen) atoms. The zero-order valence-electron chi connectivity index (χ0n) is 32.8. The van der Waals surface area contributed by atoms with E-state index in [2.05, 4.69) is 4.90 Å². The fourth-order valence-corrected chi connectivity index (χ4v) is 10.3. The van der Waals surface area contributed by atoms with E-state index in [1.165, 1.54) is 7.11 Å². The van der Waals surface area contributed by atoms with E-state index in [-0.39, 0.29) is 72.1 Å². The van der Waals surface area contributed by atoms with Crippen molar-refractivity contribution in [2.45, 2.75) is 107 Å². The van der Waals surface area contributed by atoms with E-state index in [0.717, 1.165) is 55.0 Å². The van der Waals surface area contributed by atoms with Gasteiger partial charge in [-0.3, -0.25) is 9.80 Å². The maximum atomic E-state index is 17.8. The van der Waals surface area contributed by atoms with Gasteiger partial charge in [0, 0.05) is 26.6 Å². The fraction of sp³-hybridized carbons (Fsp3) is 0.558. The van der Waals surface area contributed by atoms with E-state index in [1.54, 1.807) is 11.0 Å². The smallest absolute Gasteiger partial charge is 0.410 e. The monoisotopic (exact) mass is 787 g/mol. The van der Waals surface area contributed by atoms with Crippen LogP contribution in [-0.2, 0) is 9.47 Å². The molecule has 3 unspecified atom stereocenters. The lowest BCUT2D eigenvalue weighted by Crippen LogP contribution is -2.63. The number of benzene rings is 3. The first-order valence-electron chi connectivity index (χ1n) is 20.3. The van der Waals surface area contributed by atoms with Crippen LogP contribution in [-0.4, -0.2) is 108 Å². The van der Waals surface area contributed by atoms with Gasteiger partial charge in [0.25, 0.3) is 0 Å². The molecule has 5 atom stereocenters. The minimum absolute atomic E-state index is 0.00134. The Morgan fingerprint density at radius 2 is 1.86 bits per heavy atom. The highest BCUT2D eigenvalue weighted by Gasteiger charge is 2.53. The minimum Gasteiger partial charge on any atom is -0.487 e. The molecule has 4 aromatic rings. The summed E-state index contributed by atoms with van der Waals surface area (Å²) in [5.41, 5.74) is -0.302. The van der Waals surface area contributed by atoms with Crippen molar-refractivity contribution in [1.82, 2.24) is 19.8 Å². The Hall–Kier alpha value is -4.56. The normalized spacial score (nSPS) is 26.7. The molecule has 0 spiro atoms. The average Bonchev–Trinajstić information content (AvgIpc) is 3.81. The first-order valence-corrected chi connectivity index (χ1v) is 20.3. The van der Waals surface area contributed by atoms with Gasteiger partial charge < -0.3 is 28.6 Å². The van der Waals surface area contributed by atoms with E-state index in [0.29, 0.717) is 37.2 Å². The molecule has 1 aromatic heterocycles. The summed E-state index contributed by atoms with van der Waals surface area (Å²) >= 11 is 0. The van der Waals surface area contributed by atoms with Gasteiger partial charge in [-0.1, -0.05) is 18.2 Å². The fourth-order valence-electron chi connectivity index (χ4n) is 10.3. The minimum atomic E-state index is -0.963. The van der Waals surface area contributed by atoms with Gasteiger partial charge in [0.15, 0.2) is 24.2 Å². The number of alkyl halides is 1. The Morgan fingerprint density at radius 3 is 2.65 bits per heavy atom. The molecule has 0 N–H and O–H groups in total. The lowest BCUT2D eigenvalue weighted by atomic mass is 9.91. The molecule has 5 aliphatic heterocycles. The number of anilines is 1. The molecule has 3 aromatic carbocycles. The number of carbonyl (C=O) groups is 1. The van der Waals surface area contributed by atoms with Crippen LogP contribution in [0.2, 0.25) is 0 Å². The molecule has 2 bridgehead atoms. The maximum Gasteiger partial charge on any atom is 0.410 e. The molecule has 4 saturated heterocycles. The largest absolute Gasteiger partial charge is 0.487 e. The number of carbonyl (C=O) groups excluding carboxylic acids is 1. The number of fused-ring (bicyclic) bond motifs is 7. The summed E-state index contributed by atoms with van der Waals surface area (Å²) in [6.45, 7) is 7.06. The standard InChI is InChI=1S/C43H48F3N5O6/c1-42(2,3)57-41(52)51-26-11-12-30(51)31-20-54-38-34-37(47-40(48-39(34)50(31)19-26)55-21-43-13-6-14-49(43)18-25(44)17-43)35(45)33(36(38)46)29-16-27(56-22-53-4)15-24-7-5-8-28(32(24)29)23-9-10-23/h5,7-8,15-16,23,25-26,30-31H,6,9-14,17-22H2,1-4H3/t25-,26?,30?,31?,43+/m1/s1. The SMILES string of the molecule is COCOc1cc(-c2c(F)c3c4c(nc(OC[C@@]56CCCN5C[C@H](F)C6)nc4c2F)N2CC4CCC(C2CO3)N4C(=O)OC(C)(C)C)c2c(C3CC3)cccc2c1. The van der Waals surface area contributed by atoms with Crippen molar-refractivity contribution in [3.05, 3.63) is 47.5 Å². The third-order valence-corrected chi connectivity index (χ3v) is 12.9. The summed E-state index contributed by atoms with van der Waals surface area (Å²) in [5, 5.41) is 1.62. The zero-order chi connectivity index (χ0) is 39.4. The number of ether oxygens (including phenoxy) is 5. The lowest BCUT2D eigenvalue weighted by molar-refractivity contribution is 0.00537. The second kappa shape index (κ2) is 13.5. The van der Waals surface area contributed by atoms with Gasteiger partial charge in [-0.2, -0.15) is 9.97 Å². The van der Waals surface area contributed by atoms with Crippen molar-refractivity contribution < 1.29 is 41.7 Å². The van der Waals surface area contributed by atoms with Crippen molar-refractivity contribution in [2.75, 3.05) is 51.7 Å². The van der Waals surface area contributed by atoms with E-state index in [9.17, 15) is 9.18 Å². The zero-order valence-corrected chi connectivity index (χ0v) is 32.8. The number of aromatic nitrogens is 2. The Balaban J connectivity index is 1.15. The predicted octanol–water partition coefficient (Wildman–Crippen LogP) is 7.89. The van der Waals surface area contributed by atoms with E-state index in [4.69, 9.17) is 33.7 Å². The molecule has 0 radical (unpaired) electrons. The summed E-state index contributed by atoms with van der Waals surface area (Å²) < 4.78 is 80.0. The van der Waals surface area contributed by atoms with Gasteiger partial charge in [0.2, 0.25) is 0 Å². The molecule has 6 aliphatic rings. The summed E-state index contributed by atoms with van der Waals surface area (Å²) in [4.78, 5) is 29.2. The predicted molar refractivity (Wildman–Crippen MR) is 207 cm³/mol. The number of hydrogen-bond acceptors (Lipinski definition) is 10. The number of halogens is 3. The van der Waals surface area contributed by atoms with E-state index < -0.39 is 41.1 Å². The van der Waals surface area contributed by atoms with Gasteiger partial charge in [-0.25, -0.2) is 18.0 Å². The third kappa shape index (κ3) is 6.11. The second-order valence-electron chi connectivity index (χ2n) is 17.7. The molecular weight excluding hydrogens is 739 g/mol. The molecule has 11 nitrogen and oxygen atoms in total. The highest BCUT2D eigenvalue weighted by Crippen LogP contribution is 2.52. The van der Waals surface area contributed by atoms with Gasteiger partial charge in [0.1, 0.15) is 42.1 Å². The summed E-state index contributed by atoms with van der Waals surface area (Å²) in [6.07, 6.45) is 4.03. The number of hydrogen-bond donors (Lipinski definition) is 0. The van der Waals surface area contributed by atoms with Gasteiger partial charge in [0.05, 0.1) is 34.6 Å². The van der Waals surface area contributed by atoms with E-state index >= 15 is 8.78 Å². The maximum absolute atomic E-state index is 17.8. The number of methoxy groups -OCH3 is 1. The number of piperazine rings is 1. The van der Waals surface area contributed by atoms with Crippen molar-refractivity contribution in [3.8, 4) is 28.6 Å². The Labute approximate surface area is 329 Å². The average molecular weight is 788 g/mol. The van der Waals surface area contributed by atoms with Crippen molar-refractivity contribution in [2.24, 2.45) is 0 Å². The molecule has 6 heterocycles. The van der Waals surface area contributed by atoms with Gasteiger partial charge in [-0.05, 0) is 106 Å². The Bertz CT molecular complexity index is 2280. The van der Waals surface area contributed by atoms with Crippen LogP contribution in [0.5, 0.6) is 17.5 Å². The molecule has 1 amide bonds. The highest BCUT2D eigenvalue weighted by atomic mass is 19.1. The number of rotatable bonds is 8. The van der Waals surface area contributed by atoms with Crippen molar-refractivity contribution in [3.63, 3.8) is 0 Å². The van der Waals surface area contributed by atoms with Crippen LogP contribution < -0.4 is 19.1 Å². The van der Waals surface area contributed by atoms with Crippen LogP contribution in [0.4, 0.5) is 23.8 Å². The van der Waals surface area contributed by atoms with Crippen molar-refractivity contribution >= 4 is 33.6 Å².